The predicted octanol–water partition coefficient (Wildman–Crippen LogP) is 3.18. The zero-order valence-electron chi connectivity index (χ0n) is 13.4. The van der Waals surface area contributed by atoms with E-state index in [0.717, 1.165) is 38.6 Å². The Balaban J connectivity index is 2.93. The Morgan fingerprint density at radius 3 is 2.32 bits per heavy atom. The topological polar surface area (TPSA) is 46.3 Å². The van der Waals surface area contributed by atoms with Crippen molar-refractivity contribution in [2.75, 3.05) is 6.54 Å². The molecular weight excluding hydrogens is 236 g/mol. The lowest BCUT2D eigenvalue weighted by Gasteiger charge is -2.39. The van der Waals surface area contributed by atoms with Gasteiger partial charge in [-0.15, -0.1) is 0 Å². The van der Waals surface area contributed by atoms with Crippen molar-refractivity contribution in [2.45, 2.75) is 78.8 Å². The highest BCUT2D eigenvalue weighted by molar-refractivity contribution is 5.84. The fourth-order valence-electron chi connectivity index (χ4n) is 3.31. The van der Waals surface area contributed by atoms with Gasteiger partial charge in [-0.05, 0) is 38.5 Å². The lowest BCUT2D eigenvalue weighted by molar-refractivity contribution is -0.145. The van der Waals surface area contributed by atoms with Gasteiger partial charge in [0.1, 0.15) is 0 Å². The summed E-state index contributed by atoms with van der Waals surface area (Å²) in [4.78, 5) is 15.1. The van der Waals surface area contributed by atoms with E-state index in [-0.39, 0.29) is 11.5 Å². The molecule has 1 rings (SSSR count). The van der Waals surface area contributed by atoms with Gasteiger partial charge in [0.05, 0.1) is 5.41 Å². The molecule has 2 atom stereocenters. The summed E-state index contributed by atoms with van der Waals surface area (Å²) >= 11 is 0. The Hall–Kier alpha value is -0.570. The van der Waals surface area contributed by atoms with Crippen molar-refractivity contribution in [3.05, 3.63) is 0 Å². The summed E-state index contributed by atoms with van der Waals surface area (Å²) in [5.74, 6) is 0.797. The molecular formula is C16H32N2O. The highest BCUT2D eigenvalue weighted by Crippen LogP contribution is 2.39. The van der Waals surface area contributed by atoms with Crippen molar-refractivity contribution in [1.29, 1.82) is 0 Å². The normalized spacial score (nSPS) is 27.3. The average Bonchev–Trinajstić information content (AvgIpc) is 2.69. The molecule has 112 valence electrons. The minimum absolute atomic E-state index is 0.0315. The van der Waals surface area contributed by atoms with Gasteiger partial charge in [0.2, 0.25) is 5.91 Å². The first-order chi connectivity index (χ1) is 8.86. The van der Waals surface area contributed by atoms with Gasteiger partial charge in [0, 0.05) is 18.6 Å². The average molecular weight is 268 g/mol. The monoisotopic (exact) mass is 268 g/mol. The molecule has 0 heterocycles. The molecule has 2 N–H and O–H groups in total. The van der Waals surface area contributed by atoms with Gasteiger partial charge in [-0.1, -0.05) is 34.1 Å². The van der Waals surface area contributed by atoms with Crippen LogP contribution in [0.3, 0.4) is 0 Å². The van der Waals surface area contributed by atoms with Crippen molar-refractivity contribution in [3.63, 3.8) is 0 Å². The molecule has 0 aromatic heterocycles. The van der Waals surface area contributed by atoms with Crippen molar-refractivity contribution in [1.82, 2.24) is 4.90 Å². The van der Waals surface area contributed by atoms with Crippen LogP contribution in [0.5, 0.6) is 0 Å². The fraction of sp³-hybridized carbons (Fsp3) is 0.938. The third-order valence-electron chi connectivity index (χ3n) is 4.72. The first-order valence-electron chi connectivity index (χ1n) is 7.93. The smallest absolute Gasteiger partial charge is 0.230 e. The van der Waals surface area contributed by atoms with Crippen molar-refractivity contribution in [2.24, 2.45) is 17.1 Å². The van der Waals surface area contributed by atoms with Crippen LogP contribution in [-0.4, -0.2) is 29.4 Å². The first-order valence-corrected chi connectivity index (χ1v) is 7.93. The molecule has 1 saturated carbocycles. The number of rotatable bonds is 6. The summed E-state index contributed by atoms with van der Waals surface area (Å²) in [6, 6.07) is 0.392. The summed E-state index contributed by atoms with van der Waals surface area (Å²) in [7, 11) is 0. The Labute approximate surface area is 118 Å². The molecule has 0 aliphatic heterocycles. The molecule has 2 unspecified atom stereocenters. The zero-order valence-corrected chi connectivity index (χ0v) is 13.4. The third kappa shape index (κ3) is 3.50. The quantitative estimate of drug-likeness (QED) is 0.804. The van der Waals surface area contributed by atoms with Gasteiger partial charge in [0.15, 0.2) is 0 Å². The highest BCUT2D eigenvalue weighted by Gasteiger charge is 2.46. The Kier molecular flexibility index (Phi) is 5.84. The summed E-state index contributed by atoms with van der Waals surface area (Å²) in [5, 5.41) is 0. The maximum atomic E-state index is 13.0. The molecule has 0 bridgehead atoms. The predicted molar refractivity (Wildman–Crippen MR) is 80.9 cm³/mol. The summed E-state index contributed by atoms with van der Waals surface area (Å²) in [6.07, 6.45) is 5.07. The Morgan fingerprint density at radius 1 is 1.37 bits per heavy atom. The Bertz CT molecular complexity index is 299. The van der Waals surface area contributed by atoms with Crippen LogP contribution in [-0.2, 0) is 4.79 Å². The number of carbonyl (C=O) groups excluding carboxylic acids is 1. The molecule has 0 radical (unpaired) electrons. The van der Waals surface area contributed by atoms with E-state index in [2.05, 4.69) is 39.5 Å². The van der Waals surface area contributed by atoms with Gasteiger partial charge in [-0.3, -0.25) is 4.79 Å². The van der Waals surface area contributed by atoms with Crippen molar-refractivity contribution < 1.29 is 4.79 Å². The van der Waals surface area contributed by atoms with E-state index < -0.39 is 0 Å². The van der Waals surface area contributed by atoms with E-state index in [9.17, 15) is 4.79 Å². The van der Waals surface area contributed by atoms with Crippen LogP contribution in [0.15, 0.2) is 0 Å². The molecule has 1 amide bonds. The van der Waals surface area contributed by atoms with Crippen LogP contribution in [0, 0.1) is 11.3 Å². The van der Waals surface area contributed by atoms with E-state index in [0.29, 0.717) is 17.9 Å². The van der Waals surface area contributed by atoms with E-state index in [1.807, 2.05) is 0 Å². The van der Waals surface area contributed by atoms with E-state index >= 15 is 0 Å². The SMILES string of the molecule is CCC(CC)N(CC(C)C)C(=O)C1(C)CCCC1N. The second-order valence-electron chi connectivity index (χ2n) is 6.74. The molecule has 0 spiro atoms. The first kappa shape index (κ1) is 16.5. The number of nitrogens with zero attached hydrogens (tertiary/aromatic N) is 1. The molecule has 1 aliphatic rings. The molecule has 0 aromatic rings. The van der Waals surface area contributed by atoms with Gasteiger partial charge in [-0.25, -0.2) is 0 Å². The minimum atomic E-state index is -0.336. The number of hydrogen-bond donors (Lipinski definition) is 1. The fourth-order valence-corrected chi connectivity index (χ4v) is 3.31. The lowest BCUT2D eigenvalue weighted by Crippen LogP contribution is -2.53. The summed E-state index contributed by atoms with van der Waals surface area (Å²) in [5.41, 5.74) is 5.88. The number of nitrogens with two attached hydrogens (primary N) is 1. The molecule has 1 fully saturated rings. The number of amides is 1. The van der Waals surface area contributed by atoms with Crippen LogP contribution in [0.1, 0.15) is 66.7 Å². The molecule has 19 heavy (non-hydrogen) atoms. The maximum absolute atomic E-state index is 13.0. The molecule has 3 nitrogen and oxygen atoms in total. The van der Waals surface area contributed by atoms with Crippen molar-refractivity contribution >= 4 is 5.91 Å². The minimum Gasteiger partial charge on any atom is -0.339 e. The molecule has 0 aromatic carbocycles. The molecule has 1 aliphatic carbocycles. The summed E-state index contributed by atoms with van der Waals surface area (Å²) in [6.45, 7) is 11.6. The van der Waals surface area contributed by atoms with Crippen LogP contribution in [0.2, 0.25) is 0 Å². The van der Waals surface area contributed by atoms with Gasteiger partial charge >= 0.3 is 0 Å². The standard InChI is InChI=1S/C16H32N2O/c1-6-13(7-2)18(11-12(3)4)15(19)16(5)10-8-9-14(16)17/h12-14H,6-11,17H2,1-5H3. The van der Waals surface area contributed by atoms with E-state index in [1.165, 1.54) is 0 Å². The van der Waals surface area contributed by atoms with Crippen LogP contribution < -0.4 is 5.73 Å². The Morgan fingerprint density at radius 2 is 1.95 bits per heavy atom. The van der Waals surface area contributed by atoms with Crippen LogP contribution in [0.25, 0.3) is 0 Å². The van der Waals surface area contributed by atoms with Crippen molar-refractivity contribution in [3.8, 4) is 0 Å². The van der Waals surface area contributed by atoms with Crippen LogP contribution in [0.4, 0.5) is 0 Å². The molecule has 0 saturated heterocycles. The largest absolute Gasteiger partial charge is 0.339 e. The summed E-state index contributed by atoms with van der Waals surface area (Å²) < 4.78 is 0. The third-order valence-corrected chi connectivity index (χ3v) is 4.72. The van der Waals surface area contributed by atoms with E-state index in [1.54, 1.807) is 0 Å². The van der Waals surface area contributed by atoms with Gasteiger partial charge in [0.25, 0.3) is 0 Å². The highest BCUT2D eigenvalue weighted by atomic mass is 16.2. The van der Waals surface area contributed by atoms with E-state index in [4.69, 9.17) is 5.73 Å². The van der Waals surface area contributed by atoms with Crippen LogP contribution >= 0.6 is 0 Å². The molecule has 3 heteroatoms. The number of hydrogen-bond acceptors (Lipinski definition) is 2. The van der Waals surface area contributed by atoms with Gasteiger partial charge < -0.3 is 10.6 Å². The second-order valence-corrected chi connectivity index (χ2v) is 6.74. The zero-order chi connectivity index (χ0) is 14.6. The lowest BCUT2D eigenvalue weighted by atomic mass is 9.82. The maximum Gasteiger partial charge on any atom is 0.230 e. The number of carbonyl (C=O) groups is 1. The van der Waals surface area contributed by atoms with Gasteiger partial charge in [-0.2, -0.15) is 0 Å². The second kappa shape index (κ2) is 6.74.